The number of aryl methyl sites for hydroxylation is 2. The fraction of sp³-hybridized carbons (Fsp3) is 0.538. The molecule has 1 N–H and O–H groups in total. The van der Waals surface area contributed by atoms with Crippen LogP contribution in [0.3, 0.4) is 0 Å². The molecular weight excluding hydrogens is 244 g/mol. The first-order valence-electron chi connectivity index (χ1n) is 6.21. The van der Waals surface area contributed by atoms with Crippen molar-refractivity contribution in [2.75, 3.05) is 0 Å². The Morgan fingerprint density at radius 1 is 1.39 bits per heavy atom. The summed E-state index contributed by atoms with van der Waals surface area (Å²) in [6, 6.07) is 0.482. The Balaban J connectivity index is 2.13. The van der Waals surface area contributed by atoms with Crippen molar-refractivity contribution in [2.45, 2.75) is 46.8 Å². The van der Waals surface area contributed by atoms with Gasteiger partial charge in [0.25, 0.3) is 0 Å². The number of thiazole rings is 1. The second-order valence-electron chi connectivity index (χ2n) is 4.80. The van der Waals surface area contributed by atoms with Gasteiger partial charge < -0.3 is 9.88 Å². The lowest BCUT2D eigenvalue weighted by Gasteiger charge is -2.11. The van der Waals surface area contributed by atoms with Crippen LogP contribution in [0.2, 0.25) is 0 Å². The van der Waals surface area contributed by atoms with Crippen molar-refractivity contribution in [1.82, 2.24) is 19.9 Å². The predicted octanol–water partition coefficient (Wildman–Crippen LogP) is 2.50. The van der Waals surface area contributed by atoms with E-state index in [1.165, 1.54) is 5.69 Å². The van der Waals surface area contributed by atoms with E-state index >= 15 is 0 Å². The molecule has 0 bridgehead atoms. The van der Waals surface area contributed by atoms with Gasteiger partial charge in [0.05, 0.1) is 12.2 Å². The van der Waals surface area contributed by atoms with Crippen molar-refractivity contribution in [1.29, 1.82) is 0 Å². The maximum absolute atomic E-state index is 4.51. The Labute approximate surface area is 112 Å². The van der Waals surface area contributed by atoms with Gasteiger partial charge in [0.15, 0.2) is 0 Å². The van der Waals surface area contributed by atoms with Gasteiger partial charge in [0, 0.05) is 29.9 Å². The van der Waals surface area contributed by atoms with Crippen LogP contribution < -0.4 is 5.32 Å². The molecule has 2 aromatic heterocycles. The average Bonchev–Trinajstić information content (AvgIpc) is 2.85. The molecule has 98 valence electrons. The lowest BCUT2D eigenvalue weighted by Crippen LogP contribution is -2.23. The summed E-state index contributed by atoms with van der Waals surface area (Å²) in [4.78, 5) is 8.91. The van der Waals surface area contributed by atoms with Crippen molar-refractivity contribution in [3.05, 3.63) is 33.8 Å². The van der Waals surface area contributed by atoms with Gasteiger partial charge in [-0.2, -0.15) is 0 Å². The van der Waals surface area contributed by atoms with Gasteiger partial charge in [-0.3, -0.25) is 0 Å². The Kier molecular flexibility index (Phi) is 4.14. The number of hydrogen-bond acceptors (Lipinski definition) is 4. The van der Waals surface area contributed by atoms with Crippen LogP contribution in [-0.4, -0.2) is 20.6 Å². The smallest absolute Gasteiger partial charge is 0.113 e. The van der Waals surface area contributed by atoms with Crippen LogP contribution >= 0.6 is 11.3 Å². The zero-order chi connectivity index (χ0) is 13.1. The van der Waals surface area contributed by atoms with Crippen LogP contribution in [0, 0.1) is 13.8 Å². The van der Waals surface area contributed by atoms with E-state index in [0.29, 0.717) is 6.04 Å². The van der Waals surface area contributed by atoms with E-state index in [2.05, 4.69) is 39.1 Å². The van der Waals surface area contributed by atoms with Crippen LogP contribution in [0.1, 0.15) is 36.1 Å². The zero-order valence-corrected chi connectivity index (χ0v) is 12.2. The summed E-state index contributed by atoms with van der Waals surface area (Å²) in [5.41, 5.74) is 2.31. The van der Waals surface area contributed by atoms with Gasteiger partial charge in [-0.15, -0.1) is 11.3 Å². The van der Waals surface area contributed by atoms with E-state index in [1.807, 2.05) is 20.0 Å². The highest BCUT2D eigenvalue weighted by atomic mass is 32.1. The van der Waals surface area contributed by atoms with Crippen molar-refractivity contribution in [2.24, 2.45) is 0 Å². The van der Waals surface area contributed by atoms with E-state index in [0.717, 1.165) is 29.6 Å². The average molecular weight is 264 g/mol. The molecule has 5 heteroatoms. The molecule has 0 radical (unpaired) electrons. The number of hydrogen-bond donors (Lipinski definition) is 1. The molecule has 0 saturated carbocycles. The Morgan fingerprint density at radius 2 is 2.17 bits per heavy atom. The molecule has 18 heavy (non-hydrogen) atoms. The topological polar surface area (TPSA) is 42.7 Å². The van der Waals surface area contributed by atoms with E-state index in [1.54, 1.807) is 11.3 Å². The number of nitrogens with one attached hydrogen (secondary N) is 1. The lowest BCUT2D eigenvalue weighted by atomic mass is 10.3. The highest BCUT2D eigenvalue weighted by Crippen LogP contribution is 2.14. The molecule has 0 spiro atoms. The molecule has 0 amide bonds. The molecule has 2 rings (SSSR count). The van der Waals surface area contributed by atoms with Crippen LogP contribution in [-0.2, 0) is 13.1 Å². The van der Waals surface area contributed by atoms with E-state index in [4.69, 9.17) is 0 Å². The molecule has 0 fully saturated rings. The molecule has 0 aliphatic heterocycles. The summed E-state index contributed by atoms with van der Waals surface area (Å²) in [7, 11) is 0. The third-order valence-corrected chi connectivity index (χ3v) is 3.74. The fourth-order valence-electron chi connectivity index (χ4n) is 1.79. The molecule has 0 aliphatic carbocycles. The van der Waals surface area contributed by atoms with Gasteiger partial charge in [0.1, 0.15) is 10.8 Å². The normalized spacial score (nSPS) is 11.4. The summed E-state index contributed by atoms with van der Waals surface area (Å²) in [5.74, 6) is 1.04. The van der Waals surface area contributed by atoms with Crippen LogP contribution in [0.25, 0.3) is 0 Å². The van der Waals surface area contributed by atoms with Crippen molar-refractivity contribution in [3.8, 4) is 0 Å². The fourth-order valence-corrected chi connectivity index (χ4v) is 2.55. The van der Waals surface area contributed by atoms with Crippen molar-refractivity contribution >= 4 is 11.3 Å². The van der Waals surface area contributed by atoms with Gasteiger partial charge in [0.2, 0.25) is 0 Å². The lowest BCUT2D eigenvalue weighted by molar-refractivity contribution is 0.561. The van der Waals surface area contributed by atoms with Crippen molar-refractivity contribution < 1.29 is 0 Å². The Morgan fingerprint density at radius 3 is 2.78 bits per heavy atom. The zero-order valence-electron chi connectivity index (χ0n) is 11.4. The first kappa shape index (κ1) is 13.2. The quantitative estimate of drug-likeness (QED) is 0.902. The molecule has 0 aliphatic rings. The molecule has 2 heterocycles. The van der Waals surface area contributed by atoms with Crippen LogP contribution in [0.15, 0.2) is 11.6 Å². The molecule has 2 aromatic rings. The first-order chi connectivity index (χ1) is 8.56. The van der Waals surface area contributed by atoms with Gasteiger partial charge in [-0.25, -0.2) is 9.97 Å². The monoisotopic (exact) mass is 264 g/mol. The summed E-state index contributed by atoms with van der Waals surface area (Å²) >= 11 is 1.71. The largest absolute Gasteiger partial charge is 0.324 e. The summed E-state index contributed by atoms with van der Waals surface area (Å²) in [5, 5.41) is 6.66. The number of aromatic nitrogens is 3. The number of imidazole rings is 1. The van der Waals surface area contributed by atoms with Gasteiger partial charge in [-0.05, 0) is 13.8 Å². The molecule has 0 atom stereocenters. The number of nitrogens with zero attached hydrogens (tertiary/aromatic N) is 3. The third-order valence-electron chi connectivity index (χ3n) is 2.79. The summed E-state index contributed by atoms with van der Waals surface area (Å²) in [6.45, 7) is 10.0. The molecular formula is C13H20N4S. The predicted molar refractivity (Wildman–Crippen MR) is 74.9 cm³/mol. The highest BCUT2D eigenvalue weighted by Gasteiger charge is 2.09. The van der Waals surface area contributed by atoms with Gasteiger partial charge >= 0.3 is 0 Å². The first-order valence-corrected chi connectivity index (χ1v) is 7.09. The summed E-state index contributed by atoms with van der Waals surface area (Å²) < 4.78 is 2.23. The second-order valence-corrected chi connectivity index (χ2v) is 5.74. The van der Waals surface area contributed by atoms with Crippen LogP contribution in [0.4, 0.5) is 0 Å². The standard InChI is InChI=1S/C13H20N4S/c1-9(2)14-5-12-6-15-11(4)17(12)7-13-16-10(3)8-18-13/h6,8-9,14H,5,7H2,1-4H3. The molecule has 0 aromatic carbocycles. The third kappa shape index (κ3) is 3.17. The Hall–Kier alpha value is -1.20. The second kappa shape index (κ2) is 5.63. The SMILES string of the molecule is Cc1csc(Cn2c(CNC(C)C)cnc2C)n1. The minimum atomic E-state index is 0.482. The van der Waals surface area contributed by atoms with Crippen molar-refractivity contribution in [3.63, 3.8) is 0 Å². The molecule has 0 saturated heterocycles. The van der Waals surface area contributed by atoms with Gasteiger partial charge in [-0.1, -0.05) is 13.8 Å². The summed E-state index contributed by atoms with van der Waals surface area (Å²) in [6.07, 6.45) is 1.95. The van der Waals surface area contributed by atoms with E-state index in [9.17, 15) is 0 Å². The maximum atomic E-state index is 4.51. The molecule has 4 nitrogen and oxygen atoms in total. The maximum Gasteiger partial charge on any atom is 0.113 e. The minimum absolute atomic E-state index is 0.482. The Bertz CT molecular complexity index is 513. The number of rotatable bonds is 5. The molecule has 0 unspecified atom stereocenters. The van der Waals surface area contributed by atoms with Crippen LogP contribution in [0.5, 0.6) is 0 Å². The van der Waals surface area contributed by atoms with E-state index in [-0.39, 0.29) is 0 Å². The van der Waals surface area contributed by atoms with E-state index < -0.39 is 0 Å². The minimum Gasteiger partial charge on any atom is -0.324 e. The highest BCUT2D eigenvalue weighted by molar-refractivity contribution is 7.09.